The fourth-order valence-electron chi connectivity index (χ4n) is 4.56. The molecule has 198 valence electrons. The fourth-order valence-corrected chi connectivity index (χ4v) is 5.77. The number of amidine groups is 1. The first-order valence-corrected chi connectivity index (χ1v) is 13.7. The smallest absolute Gasteiger partial charge is 0.285 e. The highest BCUT2D eigenvalue weighted by Crippen LogP contribution is 2.38. The number of hydrogen-bond acceptors (Lipinski definition) is 8. The second-order valence-electron chi connectivity index (χ2n) is 8.86. The third-order valence-corrected chi connectivity index (χ3v) is 7.74. The number of methoxy groups -OCH3 is 3. The third-order valence-electron chi connectivity index (χ3n) is 6.41. The Bertz CT molecular complexity index is 1280. The van der Waals surface area contributed by atoms with Gasteiger partial charge >= 0.3 is 0 Å². The van der Waals surface area contributed by atoms with Crippen LogP contribution in [0.4, 0.5) is 0 Å². The molecule has 1 N–H and O–H groups in total. The summed E-state index contributed by atoms with van der Waals surface area (Å²) in [6.07, 6.45) is 7.05. The molecule has 1 amide bonds. The first-order chi connectivity index (χ1) is 17.9. The summed E-state index contributed by atoms with van der Waals surface area (Å²) in [7, 11) is 0.696. The van der Waals surface area contributed by atoms with Gasteiger partial charge in [0.25, 0.3) is 10.0 Å². The fraction of sp³-hybridized carbons (Fsp3) is 0.423. The number of rotatable bonds is 9. The van der Waals surface area contributed by atoms with E-state index in [9.17, 15) is 13.2 Å². The number of fused-ring (bicyclic) bond motifs is 1. The predicted molar refractivity (Wildman–Crippen MR) is 140 cm³/mol. The number of nitrogens with one attached hydrogen (secondary N) is 1. The zero-order chi connectivity index (χ0) is 26.4. The van der Waals surface area contributed by atoms with E-state index in [0.29, 0.717) is 28.4 Å². The summed E-state index contributed by atoms with van der Waals surface area (Å²) in [5.41, 5.74) is 1.07. The molecule has 0 bridgehead atoms. The second-order valence-corrected chi connectivity index (χ2v) is 10.4. The molecule has 0 radical (unpaired) electrons. The van der Waals surface area contributed by atoms with Gasteiger partial charge in [-0.3, -0.25) is 4.79 Å². The Labute approximate surface area is 217 Å². The lowest BCUT2D eigenvalue weighted by Crippen LogP contribution is -2.38. The van der Waals surface area contributed by atoms with Crippen molar-refractivity contribution in [2.24, 2.45) is 9.50 Å². The van der Waals surface area contributed by atoms with Gasteiger partial charge in [-0.05, 0) is 37.1 Å². The molecule has 4 rings (SSSR count). The number of carbonyl (C=O) groups excluding carboxylic acids is 1. The lowest BCUT2D eigenvalue weighted by Gasteiger charge is -2.24. The molecule has 0 unspecified atom stereocenters. The SMILES string of the molecule is COc1cc(/C=N\N(CCC(=O)NC2CCCCC2)C2=NS(=O)(=O)c3ccccc32)cc(OC)c1OC. The maximum Gasteiger partial charge on any atom is 0.285 e. The molecule has 1 fully saturated rings. The van der Waals surface area contributed by atoms with E-state index in [1.54, 1.807) is 36.5 Å². The van der Waals surface area contributed by atoms with Gasteiger partial charge in [0.15, 0.2) is 17.3 Å². The van der Waals surface area contributed by atoms with Crippen LogP contribution in [0.3, 0.4) is 0 Å². The summed E-state index contributed by atoms with van der Waals surface area (Å²) in [5.74, 6) is 1.42. The van der Waals surface area contributed by atoms with Gasteiger partial charge in [-0.2, -0.15) is 13.5 Å². The molecule has 0 spiro atoms. The Morgan fingerprint density at radius 2 is 1.76 bits per heavy atom. The Balaban J connectivity index is 1.62. The van der Waals surface area contributed by atoms with Crippen LogP contribution in [-0.4, -0.2) is 65.3 Å². The van der Waals surface area contributed by atoms with Crippen LogP contribution in [0.2, 0.25) is 0 Å². The van der Waals surface area contributed by atoms with Crippen molar-refractivity contribution in [2.75, 3.05) is 27.9 Å². The van der Waals surface area contributed by atoms with Crippen LogP contribution in [0.25, 0.3) is 0 Å². The third kappa shape index (κ3) is 6.04. The van der Waals surface area contributed by atoms with Gasteiger partial charge in [0, 0.05) is 23.6 Å². The van der Waals surface area contributed by atoms with Crippen LogP contribution in [0.5, 0.6) is 17.2 Å². The van der Waals surface area contributed by atoms with Gasteiger partial charge in [-0.15, -0.1) is 4.40 Å². The molecule has 2 aromatic rings. The first kappa shape index (κ1) is 26.5. The predicted octanol–water partition coefficient (Wildman–Crippen LogP) is 3.34. The van der Waals surface area contributed by atoms with Gasteiger partial charge in [-0.1, -0.05) is 31.4 Å². The highest BCUT2D eigenvalue weighted by atomic mass is 32.2. The van der Waals surface area contributed by atoms with Crippen LogP contribution < -0.4 is 19.5 Å². The van der Waals surface area contributed by atoms with E-state index in [0.717, 1.165) is 25.7 Å². The molecule has 1 aliphatic heterocycles. The second kappa shape index (κ2) is 11.6. The molecule has 0 atom stereocenters. The number of carbonyl (C=O) groups is 1. The molecule has 2 aromatic carbocycles. The Morgan fingerprint density at radius 3 is 2.41 bits per heavy atom. The summed E-state index contributed by atoms with van der Waals surface area (Å²) < 4.78 is 45.6. The zero-order valence-electron chi connectivity index (χ0n) is 21.3. The normalized spacial score (nSPS) is 16.7. The van der Waals surface area contributed by atoms with E-state index >= 15 is 0 Å². The number of hydrazone groups is 1. The number of hydrogen-bond donors (Lipinski definition) is 1. The molecule has 37 heavy (non-hydrogen) atoms. The lowest BCUT2D eigenvalue weighted by molar-refractivity contribution is -0.122. The molecule has 1 heterocycles. The minimum absolute atomic E-state index is 0.102. The number of sulfonamides is 1. The van der Waals surface area contributed by atoms with E-state index < -0.39 is 10.0 Å². The lowest BCUT2D eigenvalue weighted by atomic mass is 9.95. The van der Waals surface area contributed by atoms with Gasteiger partial charge in [-0.25, -0.2) is 5.01 Å². The van der Waals surface area contributed by atoms with Gasteiger partial charge in [0.05, 0.1) is 34.1 Å². The molecular weight excluding hydrogens is 496 g/mol. The molecule has 10 nitrogen and oxygen atoms in total. The Hall–Kier alpha value is -3.60. The maximum atomic E-state index is 12.7. The zero-order valence-corrected chi connectivity index (χ0v) is 22.1. The highest BCUT2D eigenvalue weighted by molar-refractivity contribution is 7.90. The van der Waals surface area contributed by atoms with E-state index in [-0.39, 0.29) is 35.6 Å². The van der Waals surface area contributed by atoms with Crippen LogP contribution in [0, 0.1) is 0 Å². The molecule has 1 aliphatic carbocycles. The molecule has 0 saturated heterocycles. The number of amides is 1. The Morgan fingerprint density at radius 1 is 1.08 bits per heavy atom. The monoisotopic (exact) mass is 528 g/mol. The van der Waals surface area contributed by atoms with Crippen LogP contribution in [-0.2, 0) is 14.8 Å². The average Bonchev–Trinajstić information content (AvgIpc) is 3.19. The van der Waals surface area contributed by atoms with E-state index in [1.165, 1.54) is 38.8 Å². The van der Waals surface area contributed by atoms with E-state index in [2.05, 4.69) is 14.8 Å². The highest BCUT2D eigenvalue weighted by Gasteiger charge is 2.32. The summed E-state index contributed by atoms with van der Waals surface area (Å²) in [6.45, 7) is 0.141. The van der Waals surface area contributed by atoms with Crippen LogP contribution in [0.15, 0.2) is 50.8 Å². The molecule has 11 heteroatoms. The quantitative estimate of drug-likeness (QED) is 0.392. The summed E-state index contributed by atoms with van der Waals surface area (Å²) in [4.78, 5) is 12.8. The first-order valence-electron chi connectivity index (χ1n) is 12.2. The largest absolute Gasteiger partial charge is 0.493 e. The average molecular weight is 529 g/mol. The minimum Gasteiger partial charge on any atom is -0.493 e. The summed E-state index contributed by atoms with van der Waals surface area (Å²) >= 11 is 0. The Kier molecular flexibility index (Phi) is 8.32. The van der Waals surface area contributed by atoms with E-state index in [1.807, 2.05) is 0 Å². The standard InChI is InChI=1S/C26H32N4O6S/c1-34-21-15-18(16-22(35-2)25(21)36-3)17-27-30(14-13-24(31)28-19-9-5-4-6-10-19)26-20-11-7-8-12-23(20)37(32,33)29-26/h7-8,11-12,15-17,19H,4-6,9-10,13-14H2,1-3H3,(H,28,31)/b27-17-. The maximum absolute atomic E-state index is 12.7. The topological polar surface area (TPSA) is 119 Å². The van der Waals surface area contributed by atoms with Crippen LogP contribution in [0.1, 0.15) is 49.7 Å². The molecule has 0 aromatic heterocycles. The molecular formula is C26H32N4O6S. The summed E-state index contributed by atoms with van der Waals surface area (Å²) in [5, 5.41) is 9.09. The molecule has 2 aliphatic rings. The van der Waals surface area contributed by atoms with Crippen molar-refractivity contribution in [3.63, 3.8) is 0 Å². The van der Waals surface area contributed by atoms with Crippen molar-refractivity contribution in [3.05, 3.63) is 47.5 Å². The number of benzene rings is 2. The van der Waals surface area contributed by atoms with Gasteiger partial charge in [0.1, 0.15) is 4.90 Å². The van der Waals surface area contributed by atoms with Crippen LogP contribution >= 0.6 is 0 Å². The number of nitrogens with zero attached hydrogens (tertiary/aromatic N) is 3. The van der Waals surface area contributed by atoms with Crippen molar-refractivity contribution < 1.29 is 27.4 Å². The minimum atomic E-state index is -3.86. The van der Waals surface area contributed by atoms with Crippen molar-refractivity contribution in [1.29, 1.82) is 0 Å². The van der Waals surface area contributed by atoms with Gasteiger partial charge < -0.3 is 19.5 Å². The van der Waals surface area contributed by atoms with Gasteiger partial charge in [0.2, 0.25) is 11.7 Å². The van der Waals surface area contributed by atoms with Crippen molar-refractivity contribution in [2.45, 2.75) is 49.5 Å². The molecule has 1 saturated carbocycles. The van der Waals surface area contributed by atoms with Crippen molar-refractivity contribution in [3.8, 4) is 17.2 Å². The van der Waals surface area contributed by atoms with Crippen molar-refractivity contribution in [1.82, 2.24) is 10.3 Å². The van der Waals surface area contributed by atoms with Crippen molar-refractivity contribution >= 4 is 28.0 Å². The summed E-state index contributed by atoms with van der Waals surface area (Å²) in [6, 6.07) is 10.2. The van der Waals surface area contributed by atoms with E-state index in [4.69, 9.17) is 14.2 Å². The number of ether oxygens (including phenoxy) is 3.